The number of carbonyl (C=O) groups is 1. The summed E-state index contributed by atoms with van der Waals surface area (Å²) in [5.41, 5.74) is 0.371. The fourth-order valence-corrected chi connectivity index (χ4v) is 4.35. The zero-order chi connectivity index (χ0) is 20.4. The van der Waals surface area contributed by atoms with E-state index in [0.717, 1.165) is 37.2 Å². The Bertz CT molecular complexity index is 792. The lowest BCUT2D eigenvalue weighted by molar-refractivity contribution is -0.141. The van der Waals surface area contributed by atoms with Crippen LogP contribution in [0.5, 0.6) is 0 Å². The second-order valence-corrected chi connectivity index (χ2v) is 8.75. The van der Waals surface area contributed by atoms with Crippen molar-refractivity contribution < 1.29 is 19.1 Å². The van der Waals surface area contributed by atoms with Crippen molar-refractivity contribution in [1.29, 1.82) is 0 Å². The number of carboxylic acids is 1. The molecule has 0 spiro atoms. The molecule has 1 aromatic carbocycles. The van der Waals surface area contributed by atoms with Crippen LogP contribution in [0.2, 0.25) is 0 Å². The first-order valence-electron chi connectivity index (χ1n) is 10.3. The average Bonchev–Trinajstić information content (AvgIpc) is 2.92. The monoisotopic (exact) mass is 384 g/mol. The van der Waals surface area contributed by atoms with Gasteiger partial charge in [0.1, 0.15) is 11.5 Å². The molecule has 2 aromatic rings. The SMILES string of the molecule is CCC(CCOC1(C)C(C(=O)O)C1(C)C)Cc1ccc(Cc2ccccc2)o1. The minimum absolute atomic E-state index is 0.312. The maximum Gasteiger partial charge on any atom is 0.310 e. The molecule has 28 heavy (non-hydrogen) atoms. The fraction of sp³-hybridized carbons (Fsp3) is 0.542. The quantitative estimate of drug-likeness (QED) is 0.600. The maximum atomic E-state index is 11.4. The van der Waals surface area contributed by atoms with Gasteiger partial charge in [-0.25, -0.2) is 0 Å². The summed E-state index contributed by atoms with van der Waals surface area (Å²) in [4.78, 5) is 11.4. The van der Waals surface area contributed by atoms with Crippen LogP contribution in [0.15, 0.2) is 46.9 Å². The van der Waals surface area contributed by atoms with Gasteiger partial charge in [-0.05, 0) is 37.0 Å². The van der Waals surface area contributed by atoms with Gasteiger partial charge in [-0.3, -0.25) is 4.79 Å². The van der Waals surface area contributed by atoms with Crippen molar-refractivity contribution in [3.63, 3.8) is 0 Å². The normalized spacial score (nSPS) is 24.1. The molecule has 1 N–H and O–H groups in total. The van der Waals surface area contributed by atoms with Gasteiger partial charge in [0.05, 0.1) is 11.5 Å². The molecule has 0 amide bonds. The van der Waals surface area contributed by atoms with Gasteiger partial charge in [0.2, 0.25) is 0 Å². The van der Waals surface area contributed by atoms with Gasteiger partial charge in [-0.1, -0.05) is 57.5 Å². The van der Waals surface area contributed by atoms with Crippen molar-refractivity contribution in [2.75, 3.05) is 6.61 Å². The van der Waals surface area contributed by atoms with Gasteiger partial charge in [0.15, 0.2) is 0 Å². The van der Waals surface area contributed by atoms with Crippen LogP contribution in [0.4, 0.5) is 0 Å². The zero-order valence-corrected chi connectivity index (χ0v) is 17.4. The molecule has 4 nitrogen and oxygen atoms in total. The first-order chi connectivity index (χ1) is 13.3. The molecule has 1 aromatic heterocycles. The van der Waals surface area contributed by atoms with E-state index in [1.54, 1.807) is 0 Å². The molecule has 1 heterocycles. The van der Waals surface area contributed by atoms with Crippen molar-refractivity contribution in [2.24, 2.45) is 17.3 Å². The topological polar surface area (TPSA) is 59.7 Å². The van der Waals surface area contributed by atoms with Crippen LogP contribution < -0.4 is 0 Å². The molecule has 1 saturated carbocycles. The van der Waals surface area contributed by atoms with E-state index in [2.05, 4.69) is 31.2 Å². The minimum atomic E-state index is -0.763. The summed E-state index contributed by atoms with van der Waals surface area (Å²) in [6, 6.07) is 14.5. The number of hydrogen-bond donors (Lipinski definition) is 1. The number of carboxylic acid groups (broad SMARTS) is 1. The molecule has 0 aliphatic heterocycles. The minimum Gasteiger partial charge on any atom is -0.481 e. The molecule has 4 heteroatoms. The van der Waals surface area contributed by atoms with Gasteiger partial charge >= 0.3 is 5.97 Å². The van der Waals surface area contributed by atoms with E-state index < -0.39 is 17.5 Å². The van der Waals surface area contributed by atoms with E-state index in [1.165, 1.54) is 5.56 Å². The summed E-state index contributed by atoms with van der Waals surface area (Å²) in [5, 5.41) is 9.39. The predicted molar refractivity (Wildman–Crippen MR) is 109 cm³/mol. The van der Waals surface area contributed by atoms with Crippen molar-refractivity contribution in [1.82, 2.24) is 0 Å². The lowest BCUT2D eigenvalue weighted by Gasteiger charge is -2.19. The van der Waals surface area contributed by atoms with Gasteiger partial charge in [-0.15, -0.1) is 0 Å². The van der Waals surface area contributed by atoms with Crippen molar-refractivity contribution in [3.8, 4) is 0 Å². The lowest BCUT2D eigenvalue weighted by Crippen LogP contribution is -2.21. The molecular formula is C24H32O4. The third kappa shape index (κ3) is 4.17. The van der Waals surface area contributed by atoms with Crippen molar-refractivity contribution >= 4 is 5.97 Å². The number of aliphatic carboxylic acids is 1. The lowest BCUT2D eigenvalue weighted by atomic mass is 9.97. The highest BCUT2D eigenvalue weighted by Crippen LogP contribution is 2.63. The summed E-state index contributed by atoms with van der Waals surface area (Å²) >= 11 is 0. The van der Waals surface area contributed by atoms with E-state index in [0.29, 0.717) is 12.5 Å². The van der Waals surface area contributed by atoms with Crippen LogP contribution in [0.3, 0.4) is 0 Å². The Morgan fingerprint density at radius 2 is 1.82 bits per heavy atom. The van der Waals surface area contributed by atoms with Crippen LogP contribution in [-0.2, 0) is 22.4 Å². The Balaban J connectivity index is 1.49. The smallest absolute Gasteiger partial charge is 0.310 e. The molecule has 0 bridgehead atoms. The van der Waals surface area contributed by atoms with Crippen LogP contribution in [0, 0.1) is 17.3 Å². The van der Waals surface area contributed by atoms with E-state index in [9.17, 15) is 9.90 Å². The van der Waals surface area contributed by atoms with Crippen molar-refractivity contribution in [3.05, 3.63) is 59.5 Å². The Kier molecular flexibility index (Phi) is 5.99. The summed E-state index contributed by atoms with van der Waals surface area (Å²) in [6.45, 7) is 8.64. The van der Waals surface area contributed by atoms with E-state index in [1.807, 2.05) is 39.0 Å². The van der Waals surface area contributed by atoms with Crippen molar-refractivity contribution in [2.45, 2.75) is 59.0 Å². The van der Waals surface area contributed by atoms with E-state index >= 15 is 0 Å². The Hall–Kier alpha value is -2.07. The zero-order valence-electron chi connectivity index (χ0n) is 17.4. The van der Waals surface area contributed by atoms with Crippen LogP contribution in [0.1, 0.15) is 57.6 Å². The molecule has 1 fully saturated rings. The fourth-order valence-electron chi connectivity index (χ4n) is 4.35. The summed E-state index contributed by atoms with van der Waals surface area (Å²) in [6.07, 6.45) is 3.64. The highest BCUT2D eigenvalue weighted by molar-refractivity contribution is 5.77. The molecule has 0 saturated heterocycles. The molecule has 152 valence electrons. The highest BCUT2D eigenvalue weighted by atomic mass is 16.5. The summed E-state index contributed by atoms with van der Waals surface area (Å²) in [7, 11) is 0. The predicted octanol–water partition coefficient (Wildman–Crippen LogP) is 5.35. The Labute approximate surface area is 167 Å². The van der Waals surface area contributed by atoms with Gasteiger partial charge < -0.3 is 14.3 Å². The molecule has 1 aliphatic carbocycles. The van der Waals surface area contributed by atoms with Gasteiger partial charge in [-0.2, -0.15) is 0 Å². The van der Waals surface area contributed by atoms with Crippen LogP contribution >= 0.6 is 0 Å². The average molecular weight is 385 g/mol. The van der Waals surface area contributed by atoms with Crippen LogP contribution in [-0.4, -0.2) is 23.3 Å². The number of furan rings is 1. The third-order valence-corrected chi connectivity index (χ3v) is 6.65. The van der Waals surface area contributed by atoms with Crippen LogP contribution in [0.25, 0.3) is 0 Å². The molecule has 3 unspecified atom stereocenters. The molecule has 3 atom stereocenters. The maximum absolute atomic E-state index is 11.4. The highest BCUT2D eigenvalue weighted by Gasteiger charge is 2.73. The Morgan fingerprint density at radius 1 is 1.14 bits per heavy atom. The van der Waals surface area contributed by atoms with Gasteiger partial charge in [0, 0.05) is 24.9 Å². The summed E-state index contributed by atoms with van der Waals surface area (Å²) < 4.78 is 12.1. The molecular weight excluding hydrogens is 352 g/mol. The number of benzene rings is 1. The molecule has 1 aliphatic rings. The third-order valence-electron chi connectivity index (χ3n) is 6.65. The standard InChI is InChI=1S/C24H32O4/c1-5-17(13-14-27-24(4)21(22(25)26)23(24,2)3)15-19-11-12-20(28-19)16-18-9-7-6-8-10-18/h6-12,17,21H,5,13-16H2,1-4H3,(H,25,26). The summed E-state index contributed by atoms with van der Waals surface area (Å²) in [5.74, 6) is 1.28. The second-order valence-electron chi connectivity index (χ2n) is 8.75. The number of ether oxygens (including phenoxy) is 1. The van der Waals surface area contributed by atoms with E-state index in [-0.39, 0.29) is 5.41 Å². The Morgan fingerprint density at radius 3 is 2.43 bits per heavy atom. The first-order valence-corrected chi connectivity index (χ1v) is 10.3. The number of rotatable bonds is 10. The molecule has 3 rings (SSSR count). The largest absolute Gasteiger partial charge is 0.481 e. The van der Waals surface area contributed by atoms with E-state index in [4.69, 9.17) is 9.15 Å². The second kappa shape index (κ2) is 8.12. The first kappa shape index (κ1) is 20.7. The van der Waals surface area contributed by atoms with Gasteiger partial charge in [0.25, 0.3) is 0 Å². The molecule has 0 radical (unpaired) electrons. The number of hydrogen-bond acceptors (Lipinski definition) is 3.